The lowest BCUT2D eigenvalue weighted by Crippen LogP contribution is -2.46. The summed E-state index contributed by atoms with van der Waals surface area (Å²) in [5.41, 5.74) is 0.753. The fourth-order valence-electron chi connectivity index (χ4n) is 4.74. The van der Waals surface area contributed by atoms with Gasteiger partial charge in [0.25, 0.3) is 5.91 Å². The van der Waals surface area contributed by atoms with Crippen molar-refractivity contribution in [2.24, 2.45) is 11.8 Å². The maximum absolute atomic E-state index is 12.5. The Hall–Kier alpha value is -1.59. The number of hydrogen-bond acceptors (Lipinski definition) is 4. The fraction of sp³-hybridized carbons (Fsp3) is 0.667. The number of carbonyl (C=O) groups excluding carboxylic acids is 1. The van der Waals surface area contributed by atoms with Crippen molar-refractivity contribution in [1.82, 2.24) is 15.1 Å². The second kappa shape index (κ2) is 8.40. The summed E-state index contributed by atoms with van der Waals surface area (Å²) < 4.78 is 5.88. The molecule has 2 heterocycles. The Balaban J connectivity index is 1.18. The predicted octanol–water partition coefficient (Wildman–Crippen LogP) is 2.23. The van der Waals surface area contributed by atoms with Crippen molar-refractivity contribution in [1.29, 1.82) is 0 Å². The minimum Gasteiger partial charge on any atom is -0.494 e. The highest BCUT2D eigenvalue weighted by Crippen LogP contribution is 2.37. The van der Waals surface area contributed by atoms with Gasteiger partial charge in [0.1, 0.15) is 5.75 Å². The van der Waals surface area contributed by atoms with E-state index in [1.54, 1.807) is 0 Å². The monoisotopic (exact) mass is 357 g/mol. The van der Waals surface area contributed by atoms with Gasteiger partial charge in [0.15, 0.2) is 0 Å². The number of likely N-dealkylation sites (tertiary alicyclic amines) is 1. The van der Waals surface area contributed by atoms with Gasteiger partial charge in [-0.1, -0.05) is 6.42 Å². The molecule has 0 aromatic heterocycles. The number of nitrogens with zero attached hydrogens (tertiary/aromatic N) is 2. The Bertz CT molecular complexity index is 586. The summed E-state index contributed by atoms with van der Waals surface area (Å²) in [6.07, 6.45) is 5.40. The van der Waals surface area contributed by atoms with E-state index in [2.05, 4.69) is 10.2 Å². The highest BCUT2D eigenvalue weighted by Gasteiger charge is 2.35. The Labute approximate surface area is 156 Å². The van der Waals surface area contributed by atoms with Gasteiger partial charge < -0.3 is 19.9 Å². The van der Waals surface area contributed by atoms with Crippen LogP contribution in [-0.2, 0) is 0 Å². The second-order valence-electron chi connectivity index (χ2n) is 7.98. The molecule has 0 spiro atoms. The molecular weight excluding hydrogens is 326 g/mol. The summed E-state index contributed by atoms with van der Waals surface area (Å²) >= 11 is 0. The molecule has 1 aliphatic carbocycles. The van der Waals surface area contributed by atoms with Crippen LogP contribution in [0.1, 0.15) is 36.0 Å². The van der Waals surface area contributed by atoms with Gasteiger partial charge in [-0.25, -0.2) is 0 Å². The summed E-state index contributed by atoms with van der Waals surface area (Å²) in [4.78, 5) is 17.0. The average Bonchev–Trinajstić information content (AvgIpc) is 3.28. The van der Waals surface area contributed by atoms with Crippen LogP contribution in [0.2, 0.25) is 0 Å². The maximum atomic E-state index is 12.5. The number of fused-ring (bicyclic) bond motifs is 1. The van der Waals surface area contributed by atoms with Gasteiger partial charge in [-0.3, -0.25) is 4.79 Å². The molecule has 1 aromatic carbocycles. The minimum absolute atomic E-state index is 0.123. The van der Waals surface area contributed by atoms with Gasteiger partial charge in [-0.15, -0.1) is 0 Å². The third kappa shape index (κ3) is 4.21. The summed E-state index contributed by atoms with van der Waals surface area (Å²) in [7, 11) is 0. The SMILES string of the molecule is O=C(c1ccc(OCCCN2CC3CCCC3C2)cc1)N1CCNCC1. The molecule has 26 heavy (non-hydrogen) atoms. The lowest BCUT2D eigenvalue weighted by molar-refractivity contribution is 0.0736. The molecule has 4 rings (SSSR count). The lowest BCUT2D eigenvalue weighted by atomic mass is 10.0. The Morgan fingerprint density at radius 2 is 1.77 bits per heavy atom. The molecule has 3 fully saturated rings. The van der Waals surface area contributed by atoms with Crippen molar-refractivity contribution in [3.8, 4) is 5.75 Å². The Kier molecular flexibility index (Phi) is 5.75. The van der Waals surface area contributed by atoms with E-state index in [-0.39, 0.29) is 5.91 Å². The van der Waals surface area contributed by atoms with Crippen LogP contribution in [0.15, 0.2) is 24.3 Å². The van der Waals surface area contributed by atoms with Gasteiger partial charge in [0.2, 0.25) is 0 Å². The fourth-order valence-corrected chi connectivity index (χ4v) is 4.74. The molecule has 2 aliphatic heterocycles. The first-order chi connectivity index (χ1) is 12.8. The standard InChI is InChI=1S/C21H31N3O2/c25-21(24-12-9-22-10-13-24)17-5-7-20(8-6-17)26-14-2-11-23-15-18-3-1-4-19(18)16-23/h5-8,18-19,22H,1-4,9-16H2. The van der Waals surface area contributed by atoms with Crippen LogP contribution in [0.4, 0.5) is 0 Å². The van der Waals surface area contributed by atoms with Crippen LogP contribution in [-0.4, -0.2) is 68.1 Å². The molecule has 2 saturated heterocycles. The zero-order valence-corrected chi connectivity index (χ0v) is 15.7. The van der Waals surface area contributed by atoms with E-state index in [0.717, 1.165) is 68.9 Å². The maximum Gasteiger partial charge on any atom is 0.253 e. The lowest BCUT2D eigenvalue weighted by Gasteiger charge is -2.27. The molecule has 5 heteroatoms. The minimum atomic E-state index is 0.123. The number of amides is 1. The molecule has 1 aromatic rings. The molecule has 5 nitrogen and oxygen atoms in total. The highest BCUT2D eigenvalue weighted by molar-refractivity contribution is 5.94. The summed E-state index contributed by atoms with van der Waals surface area (Å²) in [6, 6.07) is 7.63. The van der Waals surface area contributed by atoms with E-state index in [4.69, 9.17) is 4.74 Å². The molecule has 3 aliphatic rings. The molecule has 0 bridgehead atoms. The van der Waals surface area contributed by atoms with E-state index in [1.807, 2.05) is 29.2 Å². The van der Waals surface area contributed by atoms with Crippen LogP contribution in [0.5, 0.6) is 5.75 Å². The number of hydrogen-bond donors (Lipinski definition) is 1. The third-order valence-corrected chi connectivity index (χ3v) is 6.19. The number of nitrogens with one attached hydrogen (secondary N) is 1. The number of carbonyl (C=O) groups is 1. The van der Waals surface area contributed by atoms with Gasteiger partial charge in [0, 0.05) is 51.4 Å². The normalized spacial score (nSPS) is 26.1. The van der Waals surface area contributed by atoms with Gasteiger partial charge in [-0.05, 0) is 55.4 Å². The number of benzene rings is 1. The van der Waals surface area contributed by atoms with Crippen molar-refractivity contribution in [3.05, 3.63) is 29.8 Å². The molecule has 1 amide bonds. The van der Waals surface area contributed by atoms with Crippen LogP contribution >= 0.6 is 0 Å². The number of ether oxygens (including phenoxy) is 1. The number of rotatable bonds is 6. The van der Waals surface area contributed by atoms with Crippen LogP contribution < -0.4 is 10.1 Å². The van der Waals surface area contributed by atoms with Gasteiger partial charge >= 0.3 is 0 Å². The van der Waals surface area contributed by atoms with Gasteiger partial charge in [-0.2, -0.15) is 0 Å². The van der Waals surface area contributed by atoms with Crippen molar-refractivity contribution in [3.63, 3.8) is 0 Å². The van der Waals surface area contributed by atoms with Gasteiger partial charge in [0.05, 0.1) is 6.61 Å². The van der Waals surface area contributed by atoms with E-state index in [9.17, 15) is 4.79 Å². The molecule has 0 radical (unpaired) electrons. The van der Waals surface area contributed by atoms with Crippen LogP contribution in [0.3, 0.4) is 0 Å². The summed E-state index contributed by atoms with van der Waals surface area (Å²) in [5.74, 6) is 2.92. The van der Waals surface area contributed by atoms with E-state index in [0.29, 0.717) is 0 Å². The third-order valence-electron chi connectivity index (χ3n) is 6.19. The first-order valence-electron chi connectivity index (χ1n) is 10.2. The molecule has 142 valence electrons. The number of piperazine rings is 1. The smallest absolute Gasteiger partial charge is 0.253 e. The molecule has 2 unspecified atom stereocenters. The Morgan fingerprint density at radius 1 is 1.08 bits per heavy atom. The zero-order valence-electron chi connectivity index (χ0n) is 15.7. The van der Waals surface area contributed by atoms with E-state index < -0.39 is 0 Å². The van der Waals surface area contributed by atoms with E-state index >= 15 is 0 Å². The molecule has 1 saturated carbocycles. The largest absolute Gasteiger partial charge is 0.494 e. The van der Waals surface area contributed by atoms with E-state index in [1.165, 1.54) is 32.4 Å². The topological polar surface area (TPSA) is 44.8 Å². The van der Waals surface area contributed by atoms with Crippen molar-refractivity contribution in [2.45, 2.75) is 25.7 Å². The summed E-state index contributed by atoms with van der Waals surface area (Å²) in [6.45, 7) is 7.83. The highest BCUT2D eigenvalue weighted by atomic mass is 16.5. The van der Waals surface area contributed by atoms with Crippen molar-refractivity contribution < 1.29 is 9.53 Å². The first kappa shape index (κ1) is 17.8. The van der Waals surface area contributed by atoms with Crippen LogP contribution in [0, 0.1) is 11.8 Å². The predicted molar refractivity (Wildman–Crippen MR) is 103 cm³/mol. The van der Waals surface area contributed by atoms with Crippen molar-refractivity contribution in [2.75, 3.05) is 52.4 Å². The zero-order chi connectivity index (χ0) is 17.8. The quantitative estimate of drug-likeness (QED) is 0.793. The molecule has 1 N–H and O–H groups in total. The molecule has 2 atom stereocenters. The summed E-state index contributed by atoms with van der Waals surface area (Å²) in [5, 5.41) is 3.27. The molecular formula is C21H31N3O2. The second-order valence-corrected chi connectivity index (χ2v) is 7.98. The first-order valence-corrected chi connectivity index (χ1v) is 10.2. The van der Waals surface area contributed by atoms with Crippen molar-refractivity contribution >= 4 is 5.91 Å². The Morgan fingerprint density at radius 3 is 2.46 bits per heavy atom. The average molecular weight is 357 g/mol. The van der Waals surface area contributed by atoms with Crippen LogP contribution in [0.25, 0.3) is 0 Å².